The number of aliphatic hydroxyl groups excluding tert-OH is 1. The van der Waals surface area contributed by atoms with Crippen LogP contribution in [0.1, 0.15) is 58.5 Å². The van der Waals surface area contributed by atoms with Crippen LogP contribution in [-0.4, -0.2) is 78.0 Å². The van der Waals surface area contributed by atoms with Crippen molar-refractivity contribution in [2.75, 3.05) is 47.0 Å². The Morgan fingerprint density at radius 3 is 2.52 bits per heavy atom. The number of halogens is 1. The van der Waals surface area contributed by atoms with E-state index in [2.05, 4.69) is 65.3 Å². The first-order chi connectivity index (χ1) is 24.2. The zero-order valence-corrected chi connectivity index (χ0v) is 30.6. The number of benzene rings is 2. The maximum Gasteiger partial charge on any atom is 0.307 e. The smallest absolute Gasteiger partial charge is 0.307 e. The molecule has 10 heteroatoms. The summed E-state index contributed by atoms with van der Waals surface area (Å²) >= 11 is 8.76. The van der Waals surface area contributed by atoms with E-state index < -0.39 is 10.7 Å². The highest BCUT2D eigenvalue weighted by molar-refractivity contribution is 8.00. The monoisotopic (exact) mass is 715 g/mol. The minimum atomic E-state index is -0.713. The van der Waals surface area contributed by atoms with Gasteiger partial charge in [-0.25, -0.2) is 4.98 Å². The number of carboxylic acids is 1. The molecule has 8 nitrogen and oxygen atoms in total. The molecule has 264 valence electrons. The van der Waals surface area contributed by atoms with Gasteiger partial charge in [-0.15, -0.1) is 11.8 Å². The molecule has 0 saturated carbocycles. The highest BCUT2D eigenvalue weighted by Crippen LogP contribution is 2.59. The third-order valence-corrected chi connectivity index (χ3v) is 13.3. The van der Waals surface area contributed by atoms with Gasteiger partial charge in [0.2, 0.25) is 5.88 Å². The van der Waals surface area contributed by atoms with Crippen LogP contribution in [0, 0.1) is 17.8 Å². The van der Waals surface area contributed by atoms with Crippen molar-refractivity contribution in [2.24, 2.45) is 17.8 Å². The van der Waals surface area contributed by atoms with Gasteiger partial charge in [0.15, 0.2) is 0 Å². The van der Waals surface area contributed by atoms with Gasteiger partial charge in [0.05, 0.1) is 30.6 Å². The number of methoxy groups -OCH3 is 2. The summed E-state index contributed by atoms with van der Waals surface area (Å²) in [7, 11) is 3.44. The number of thioether (sulfide) groups is 1. The average Bonchev–Trinajstić information content (AvgIpc) is 3.75. The maximum atomic E-state index is 11.6. The molecule has 0 bridgehead atoms. The van der Waals surface area contributed by atoms with Gasteiger partial charge in [-0.1, -0.05) is 73.2 Å². The van der Waals surface area contributed by atoms with E-state index in [1.165, 1.54) is 16.7 Å². The van der Waals surface area contributed by atoms with Crippen LogP contribution in [0.5, 0.6) is 11.6 Å². The average molecular weight is 716 g/mol. The SMILES string of the molecule is COc1nc(C2(SC3CCc4c3ccc(CN3CC[C@@H](C(=O)O)C3)c4OC)C=CC=C(c3ccccc3Cl)C2C)ccc1CN1CC(CO)C1. The van der Waals surface area contributed by atoms with Crippen molar-refractivity contribution in [2.45, 2.75) is 49.3 Å². The zero-order chi connectivity index (χ0) is 35.0. The minimum absolute atomic E-state index is 0.0312. The molecular formula is C40H46ClN3O5S. The van der Waals surface area contributed by atoms with Crippen LogP contribution < -0.4 is 9.47 Å². The van der Waals surface area contributed by atoms with Crippen LogP contribution in [0.25, 0.3) is 5.57 Å². The summed E-state index contributed by atoms with van der Waals surface area (Å²) in [5.41, 5.74) is 7.83. The number of hydrogen-bond acceptors (Lipinski definition) is 8. The summed E-state index contributed by atoms with van der Waals surface area (Å²) in [6, 6.07) is 16.8. The standard InChI is InChI=1S/C40H46ClN3O5S/c1-25-30(31-7-4-5-9-34(31)41)8-6-17-40(25,36-15-11-28(38(42-36)49-3)22-44-19-26(20-44)24-45)50-35-14-13-33-32(35)12-10-27(37(33)48-2)21-43-18-16-29(23-43)39(46)47/h4-12,15,17,25-26,29,35,45H,13-14,16,18-24H2,1-3H3,(H,46,47)/t25?,29-,35?,40?/m1/s1. The fourth-order valence-electron chi connectivity index (χ4n) is 8.33. The first-order valence-corrected chi connectivity index (χ1v) is 18.8. The number of rotatable bonds is 12. The predicted molar refractivity (Wildman–Crippen MR) is 199 cm³/mol. The molecule has 0 spiro atoms. The number of ether oxygens (including phenoxy) is 2. The number of pyridine rings is 1. The lowest BCUT2D eigenvalue weighted by molar-refractivity contribution is -0.141. The summed E-state index contributed by atoms with van der Waals surface area (Å²) < 4.78 is 11.5. The molecule has 1 aromatic heterocycles. The van der Waals surface area contributed by atoms with Crippen LogP contribution >= 0.6 is 23.4 Å². The predicted octanol–water partition coefficient (Wildman–Crippen LogP) is 6.99. The van der Waals surface area contributed by atoms with Crippen LogP contribution in [0.2, 0.25) is 5.02 Å². The molecule has 2 aromatic carbocycles. The minimum Gasteiger partial charge on any atom is -0.496 e. The van der Waals surface area contributed by atoms with Crippen molar-refractivity contribution in [1.82, 2.24) is 14.8 Å². The quantitative estimate of drug-likeness (QED) is 0.206. The molecule has 4 aliphatic rings. The molecule has 0 amide bonds. The van der Waals surface area contributed by atoms with E-state index >= 15 is 0 Å². The first-order valence-electron chi connectivity index (χ1n) is 17.6. The number of hydrogen-bond donors (Lipinski definition) is 2. The summed E-state index contributed by atoms with van der Waals surface area (Å²) in [5, 5.41) is 20.0. The zero-order valence-electron chi connectivity index (χ0n) is 29.0. The topological polar surface area (TPSA) is 95.4 Å². The molecule has 2 N–H and O–H groups in total. The second-order valence-electron chi connectivity index (χ2n) is 14.1. The van der Waals surface area contributed by atoms with Gasteiger partial charge < -0.3 is 19.7 Å². The van der Waals surface area contributed by atoms with E-state index in [0.29, 0.717) is 31.3 Å². The van der Waals surface area contributed by atoms with Gasteiger partial charge >= 0.3 is 5.97 Å². The lowest BCUT2D eigenvalue weighted by Gasteiger charge is -2.41. The molecule has 2 saturated heterocycles. The third-order valence-electron chi connectivity index (χ3n) is 11.1. The van der Waals surface area contributed by atoms with Crippen LogP contribution in [0.4, 0.5) is 0 Å². The van der Waals surface area contributed by atoms with Crippen LogP contribution in [0.3, 0.4) is 0 Å². The van der Waals surface area contributed by atoms with E-state index in [-0.39, 0.29) is 23.7 Å². The van der Waals surface area contributed by atoms with E-state index in [1.54, 1.807) is 14.2 Å². The molecule has 0 radical (unpaired) electrons. The van der Waals surface area contributed by atoms with Crippen molar-refractivity contribution < 1.29 is 24.5 Å². The highest BCUT2D eigenvalue weighted by atomic mass is 35.5. The van der Waals surface area contributed by atoms with Gasteiger partial charge in [-0.2, -0.15) is 0 Å². The number of carboxylic acid groups (broad SMARTS) is 1. The Morgan fingerprint density at radius 2 is 1.80 bits per heavy atom. The van der Waals surface area contributed by atoms with Gasteiger partial charge in [-0.3, -0.25) is 14.6 Å². The van der Waals surface area contributed by atoms with Crippen molar-refractivity contribution in [1.29, 1.82) is 0 Å². The maximum absolute atomic E-state index is 11.6. The number of carbonyl (C=O) groups is 1. The first kappa shape index (κ1) is 35.1. The van der Waals surface area contributed by atoms with Crippen molar-refractivity contribution in [3.05, 3.63) is 105 Å². The number of aromatic nitrogens is 1. The number of fused-ring (bicyclic) bond motifs is 1. The van der Waals surface area contributed by atoms with Gasteiger partial charge in [0.1, 0.15) is 5.75 Å². The molecule has 2 aliphatic carbocycles. The number of nitrogens with zero attached hydrogens (tertiary/aromatic N) is 3. The fraction of sp³-hybridized carbons (Fsp3) is 0.450. The third kappa shape index (κ3) is 6.59. The van der Waals surface area contributed by atoms with Crippen molar-refractivity contribution >= 4 is 34.9 Å². The van der Waals surface area contributed by atoms with Gasteiger partial charge in [0, 0.05) is 72.6 Å². The molecule has 4 atom stereocenters. The van der Waals surface area contributed by atoms with Crippen molar-refractivity contribution in [3.8, 4) is 11.6 Å². The van der Waals surface area contributed by atoms with Crippen LogP contribution in [0.15, 0.2) is 66.8 Å². The van der Waals surface area contributed by atoms with E-state index in [1.807, 2.05) is 30.0 Å². The molecular weight excluding hydrogens is 670 g/mol. The molecule has 2 fully saturated rings. The van der Waals surface area contributed by atoms with E-state index in [0.717, 1.165) is 72.2 Å². The fourth-order valence-corrected chi connectivity index (χ4v) is 10.3. The summed E-state index contributed by atoms with van der Waals surface area (Å²) in [4.78, 5) is 21.4. The Bertz CT molecular complexity index is 1810. The largest absolute Gasteiger partial charge is 0.496 e. The molecule has 3 aromatic rings. The molecule has 3 unspecified atom stereocenters. The van der Waals surface area contributed by atoms with E-state index in [4.69, 9.17) is 26.1 Å². The Morgan fingerprint density at radius 1 is 1.02 bits per heavy atom. The molecule has 2 aliphatic heterocycles. The highest BCUT2D eigenvalue weighted by Gasteiger charge is 2.45. The Labute approximate surface area is 304 Å². The Kier molecular flexibility index (Phi) is 10.3. The van der Waals surface area contributed by atoms with Crippen LogP contribution in [-0.2, 0) is 29.1 Å². The number of likely N-dealkylation sites (tertiary alicyclic amines) is 2. The summed E-state index contributed by atoms with van der Waals surface area (Å²) in [6.45, 7) is 7.01. The summed E-state index contributed by atoms with van der Waals surface area (Å²) in [6.07, 6.45) is 9.20. The molecule has 7 rings (SSSR count). The second-order valence-corrected chi connectivity index (χ2v) is 16.0. The van der Waals surface area contributed by atoms with Gasteiger partial charge in [-0.05, 0) is 60.2 Å². The Balaban J connectivity index is 1.22. The number of aliphatic carboxylic acids is 1. The number of aliphatic hydroxyl groups is 1. The normalized spacial score (nSPS) is 25.3. The number of allylic oxidation sites excluding steroid dienone is 3. The summed E-state index contributed by atoms with van der Waals surface area (Å²) in [5.74, 6) is 0.914. The molecule has 3 heterocycles. The van der Waals surface area contributed by atoms with Gasteiger partial charge in [0.25, 0.3) is 0 Å². The Hall–Kier alpha value is -3.34. The lowest BCUT2D eigenvalue weighted by Crippen LogP contribution is -2.47. The second kappa shape index (κ2) is 14.7. The lowest BCUT2D eigenvalue weighted by atomic mass is 9.77. The van der Waals surface area contributed by atoms with Crippen molar-refractivity contribution in [3.63, 3.8) is 0 Å². The molecule has 50 heavy (non-hydrogen) atoms. The van der Waals surface area contributed by atoms with E-state index in [9.17, 15) is 15.0 Å².